The highest BCUT2D eigenvalue weighted by molar-refractivity contribution is 5.37. The first-order valence-electron chi connectivity index (χ1n) is 7.06. The summed E-state index contributed by atoms with van der Waals surface area (Å²) in [5, 5.41) is 0. The third kappa shape index (κ3) is 5.95. The molecule has 18 heavy (non-hydrogen) atoms. The standard InChI is InChI=1S/C16H24O2/c1-3-5-9-13-17-15-11-7-8-12-16(15)18-14-10-6-4-2/h7-8H,3-6,9-10,13-14H2,1-2H3. The minimum atomic E-state index is 0.699. The molecule has 0 unspecified atom stereocenters. The Bertz CT molecular complexity index is 279. The molecule has 2 heteroatoms. The highest BCUT2D eigenvalue weighted by atomic mass is 16.5. The first-order chi connectivity index (χ1) is 8.88. The highest BCUT2D eigenvalue weighted by Gasteiger charge is 2.04. The molecule has 0 saturated carbocycles. The van der Waals surface area contributed by atoms with Gasteiger partial charge in [0.1, 0.15) is 0 Å². The van der Waals surface area contributed by atoms with Gasteiger partial charge >= 0.3 is 0 Å². The van der Waals surface area contributed by atoms with Gasteiger partial charge in [0.05, 0.1) is 13.2 Å². The second kappa shape index (κ2) is 9.81. The zero-order valence-corrected chi connectivity index (χ0v) is 11.6. The van der Waals surface area contributed by atoms with E-state index in [1.165, 1.54) is 25.7 Å². The largest absolute Gasteiger partial charge is 0.489 e. The molecule has 0 aromatic heterocycles. The second-order valence-electron chi connectivity index (χ2n) is 4.39. The number of unbranched alkanes of at least 4 members (excludes halogenated alkanes) is 4. The molecular formula is C16H24O2. The Morgan fingerprint density at radius 1 is 0.778 bits per heavy atom. The molecule has 0 bridgehead atoms. The van der Waals surface area contributed by atoms with Crippen LogP contribution in [-0.2, 0) is 0 Å². The highest BCUT2D eigenvalue weighted by Crippen LogP contribution is 2.25. The van der Waals surface area contributed by atoms with E-state index in [2.05, 4.69) is 26.0 Å². The van der Waals surface area contributed by atoms with Gasteiger partial charge in [-0.15, -0.1) is 0 Å². The van der Waals surface area contributed by atoms with Crippen molar-refractivity contribution in [2.45, 2.75) is 52.4 Å². The first-order valence-corrected chi connectivity index (χ1v) is 7.06. The van der Waals surface area contributed by atoms with Crippen molar-refractivity contribution >= 4 is 0 Å². The lowest BCUT2D eigenvalue weighted by atomic mass is 10.2. The predicted molar refractivity (Wildman–Crippen MR) is 74.2 cm³/mol. The lowest BCUT2D eigenvalue weighted by Gasteiger charge is -2.11. The lowest BCUT2D eigenvalue weighted by Crippen LogP contribution is -2.02. The fraction of sp³-hybridized carbons (Fsp3) is 0.625. The van der Waals surface area contributed by atoms with E-state index < -0.39 is 0 Å². The Kier molecular flexibility index (Phi) is 8.11. The van der Waals surface area contributed by atoms with E-state index in [-0.39, 0.29) is 0 Å². The molecule has 1 aromatic carbocycles. The molecule has 0 fully saturated rings. The number of hydrogen-bond donors (Lipinski definition) is 0. The van der Waals surface area contributed by atoms with Crippen molar-refractivity contribution in [1.29, 1.82) is 0 Å². The van der Waals surface area contributed by atoms with Crippen molar-refractivity contribution in [3.05, 3.63) is 24.3 Å². The van der Waals surface area contributed by atoms with Crippen molar-refractivity contribution in [1.82, 2.24) is 0 Å². The molecular weight excluding hydrogens is 224 g/mol. The summed E-state index contributed by atoms with van der Waals surface area (Å²) in [6, 6.07) is 9.78. The maximum absolute atomic E-state index is 5.68. The van der Waals surface area contributed by atoms with Gasteiger partial charge in [-0.3, -0.25) is 0 Å². The molecule has 0 atom stereocenters. The van der Waals surface area contributed by atoms with Crippen LogP contribution in [0.15, 0.2) is 12.1 Å². The first kappa shape index (κ1) is 14.9. The molecule has 2 nitrogen and oxygen atoms in total. The average molecular weight is 248 g/mol. The van der Waals surface area contributed by atoms with E-state index in [9.17, 15) is 0 Å². The van der Waals surface area contributed by atoms with Crippen molar-refractivity contribution in [2.75, 3.05) is 13.2 Å². The third-order valence-corrected chi connectivity index (χ3v) is 2.71. The maximum Gasteiger partial charge on any atom is 0.169 e. The topological polar surface area (TPSA) is 18.5 Å². The van der Waals surface area contributed by atoms with E-state index in [1.54, 1.807) is 0 Å². The van der Waals surface area contributed by atoms with Gasteiger partial charge in [0, 0.05) is 12.1 Å². The van der Waals surface area contributed by atoms with Gasteiger partial charge in [-0.25, -0.2) is 0 Å². The molecule has 0 saturated heterocycles. The molecule has 0 aliphatic heterocycles. The van der Waals surface area contributed by atoms with Gasteiger partial charge in [0.15, 0.2) is 11.5 Å². The van der Waals surface area contributed by atoms with Gasteiger partial charge in [-0.2, -0.15) is 0 Å². The molecule has 0 amide bonds. The van der Waals surface area contributed by atoms with Gasteiger partial charge in [0.2, 0.25) is 0 Å². The average Bonchev–Trinajstić information content (AvgIpc) is 2.41. The minimum Gasteiger partial charge on any atom is -0.489 e. The monoisotopic (exact) mass is 248 g/mol. The van der Waals surface area contributed by atoms with E-state index in [0.29, 0.717) is 11.5 Å². The van der Waals surface area contributed by atoms with Crippen molar-refractivity contribution in [3.8, 4) is 11.5 Å². The number of hydrogen-bond acceptors (Lipinski definition) is 2. The van der Waals surface area contributed by atoms with Crippen LogP contribution < -0.4 is 9.47 Å². The number of ether oxygens (including phenoxy) is 2. The summed E-state index contributed by atoms with van der Waals surface area (Å²) < 4.78 is 11.4. The van der Waals surface area contributed by atoms with Gasteiger partial charge in [0.25, 0.3) is 0 Å². The van der Waals surface area contributed by atoms with E-state index in [4.69, 9.17) is 9.47 Å². The maximum atomic E-state index is 5.68. The summed E-state index contributed by atoms with van der Waals surface area (Å²) in [6.07, 6.45) is 6.96. The quantitative estimate of drug-likeness (QED) is 0.570. The summed E-state index contributed by atoms with van der Waals surface area (Å²) >= 11 is 0. The molecule has 100 valence electrons. The van der Waals surface area contributed by atoms with Crippen LogP contribution in [0, 0.1) is 12.1 Å². The van der Waals surface area contributed by atoms with Crippen LogP contribution in [0.3, 0.4) is 0 Å². The second-order valence-corrected chi connectivity index (χ2v) is 4.39. The lowest BCUT2D eigenvalue weighted by molar-refractivity contribution is 0.259. The molecule has 2 radical (unpaired) electrons. The SMILES string of the molecule is CCCCCOc1[c]cc[c]c1OCCCCC. The van der Waals surface area contributed by atoms with E-state index >= 15 is 0 Å². The van der Waals surface area contributed by atoms with Crippen LogP contribution in [0.5, 0.6) is 11.5 Å². The van der Waals surface area contributed by atoms with Gasteiger partial charge in [-0.1, -0.05) is 39.5 Å². The van der Waals surface area contributed by atoms with Crippen LogP contribution >= 0.6 is 0 Å². The van der Waals surface area contributed by atoms with Crippen molar-refractivity contribution in [2.24, 2.45) is 0 Å². The molecule has 0 aliphatic rings. The Hall–Kier alpha value is -1.18. The molecule has 0 N–H and O–H groups in total. The molecule has 0 spiro atoms. The van der Waals surface area contributed by atoms with Crippen LogP contribution in [0.25, 0.3) is 0 Å². The van der Waals surface area contributed by atoms with E-state index in [1.807, 2.05) is 12.1 Å². The van der Waals surface area contributed by atoms with Crippen LogP contribution in [0.1, 0.15) is 52.4 Å². The summed E-state index contributed by atoms with van der Waals surface area (Å²) in [4.78, 5) is 0. The van der Waals surface area contributed by atoms with E-state index in [0.717, 1.165) is 26.1 Å². The smallest absolute Gasteiger partial charge is 0.169 e. The van der Waals surface area contributed by atoms with Gasteiger partial charge in [-0.05, 0) is 25.0 Å². The fourth-order valence-electron chi connectivity index (χ4n) is 1.63. The summed E-state index contributed by atoms with van der Waals surface area (Å²) in [5.41, 5.74) is 0. The summed E-state index contributed by atoms with van der Waals surface area (Å²) in [5.74, 6) is 1.40. The van der Waals surface area contributed by atoms with Crippen LogP contribution in [-0.4, -0.2) is 13.2 Å². The normalized spacial score (nSPS) is 10.3. The number of rotatable bonds is 10. The predicted octanol–water partition coefficient (Wildman–Crippen LogP) is 4.42. The molecule has 0 aliphatic carbocycles. The fourth-order valence-corrected chi connectivity index (χ4v) is 1.63. The summed E-state index contributed by atoms with van der Waals surface area (Å²) in [6.45, 7) is 5.83. The Morgan fingerprint density at radius 2 is 1.22 bits per heavy atom. The number of benzene rings is 1. The zero-order chi connectivity index (χ0) is 13.1. The third-order valence-electron chi connectivity index (χ3n) is 2.71. The van der Waals surface area contributed by atoms with Crippen molar-refractivity contribution < 1.29 is 9.47 Å². The molecule has 1 aromatic rings. The Morgan fingerprint density at radius 3 is 1.61 bits per heavy atom. The van der Waals surface area contributed by atoms with Gasteiger partial charge < -0.3 is 9.47 Å². The van der Waals surface area contributed by atoms with Crippen molar-refractivity contribution in [3.63, 3.8) is 0 Å². The zero-order valence-electron chi connectivity index (χ0n) is 11.6. The van der Waals surface area contributed by atoms with Crippen LogP contribution in [0.4, 0.5) is 0 Å². The Labute approximate surface area is 111 Å². The molecule has 1 rings (SSSR count). The Balaban J connectivity index is 2.36. The molecule has 0 heterocycles. The minimum absolute atomic E-state index is 0.699. The summed E-state index contributed by atoms with van der Waals surface area (Å²) in [7, 11) is 0. The van der Waals surface area contributed by atoms with Crippen LogP contribution in [0.2, 0.25) is 0 Å².